The Bertz CT molecular complexity index is 498. The highest BCUT2D eigenvalue weighted by molar-refractivity contribution is 5.15. The van der Waals surface area contributed by atoms with Gasteiger partial charge in [0.25, 0.3) is 0 Å². The fraction of sp³-hybridized carbons (Fsp3) is 0.545. The molecule has 0 fully saturated rings. The minimum atomic E-state index is -0.0900. The van der Waals surface area contributed by atoms with Crippen LogP contribution in [0.3, 0.4) is 0 Å². The molecule has 92 valence electrons. The molecule has 0 amide bonds. The minimum Gasteiger partial charge on any atom is -0.322 e. The Balaban J connectivity index is 2.16. The number of nitrogens with zero attached hydrogens (tertiary/aromatic N) is 5. The Kier molecular flexibility index (Phi) is 3.23. The maximum absolute atomic E-state index is 6.19. The zero-order chi connectivity index (χ0) is 12.4. The average Bonchev–Trinajstić information content (AvgIpc) is 2.84. The molecule has 0 aliphatic rings. The smallest absolute Gasteiger partial charge is 0.0846 e. The molecule has 2 rings (SSSR count). The fourth-order valence-corrected chi connectivity index (χ4v) is 1.94. The molecule has 0 saturated heterocycles. The van der Waals surface area contributed by atoms with E-state index in [2.05, 4.69) is 22.3 Å². The van der Waals surface area contributed by atoms with Crippen molar-refractivity contribution in [1.82, 2.24) is 24.8 Å². The molecule has 2 heterocycles. The molecule has 6 heteroatoms. The molecule has 17 heavy (non-hydrogen) atoms. The number of hydrogen-bond acceptors (Lipinski definition) is 4. The van der Waals surface area contributed by atoms with Crippen molar-refractivity contribution in [3.8, 4) is 0 Å². The van der Waals surface area contributed by atoms with Gasteiger partial charge in [-0.05, 0) is 19.9 Å². The Hall–Kier alpha value is -1.69. The van der Waals surface area contributed by atoms with E-state index in [0.717, 1.165) is 23.6 Å². The van der Waals surface area contributed by atoms with Crippen LogP contribution in [-0.4, -0.2) is 24.8 Å². The van der Waals surface area contributed by atoms with Gasteiger partial charge in [0.05, 0.1) is 23.1 Å². The average molecular weight is 234 g/mol. The zero-order valence-electron chi connectivity index (χ0n) is 10.5. The van der Waals surface area contributed by atoms with Crippen LogP contribution in [0.1, 0.15) is 30.0 Å². The van der Waals surface area contributed by atoms with Crippen LogP contribution in [0.2, 0.25) is 0 Å². The quantitative estimate of drug-likeness (QED) is 0.839. The first-order valence-corrected chi connectivity index (χ1v) is 5.75. The van der Waals surface area contributed by atoms with Crippen molar-refractivity contribution in [2.24, 2.45) is 12.8 Å². The van der Waals surface area contributed by atoms with Gasteiger partial charge < -0.3 is 5.73 Å². The zero-order valence-corrected chi connectivity index (χ0v) is 10.5. The number of rotatable bonds is 4. The summed E-state index contributed by atoms with van der Waals surface area (Å²) in [6.45, 7) is 4.87. The lowest BCUT2D eigenvalue weighted by molar-refractivity contribution is 0.563. The third-order valence-corrected chi connectivity index (χ3v) is 2.69. The first kappa shape index (κ1) is 11.8. The summed E-state index contributed by atoms with van der Waals surface area (Å²) in [5.74, 6) is 0. The largest absolute Gasteiger partial charge is 0.322 e. The minimum absolute atomic E-state index is 0.0900. The topological polar surface area (TPSA) is 74.6 Å². The lowest BCUT2D eigenvalue weighted by atomic mass is 10.1. The van der Waals surface area contributed by atoms with E-state index in [4.69, 9.17) is 5.73 Å². The summed E-state index contributed by atoms with van der Waals surface area (Å²) in [4.78, 5) is 0. The molecule has 2 aromatic rings. The fourth-order valence-electron chi connectivity index (χ4n) is 1.94. The third kappa shape index (κ3) is 2.52. The maximum atomic E-state index is 6.19. The summed E-state index contributed by atoms with van der Waals surface area (Å²) in [5, 5.41) is 12.3. The lowest BCUT2D eigenvalue weighted by Gasteiger charge is -2.11. The normalized spacial score (nSPS) is 12.9. The van der Waals surface area contributed by atoms with Crippen molar-refractivity contribution in [1.29, 1.82) is 0 Å². The summed E-state index contributed by atoms with van der Waals surface area (Å²) in [7, 11) is 1.85. The predicted octanol–water partition coefficient (Wildman–Crippen LogP) is 0.582. The van der Waals surface area contributed by atoms with E-state index in [-0.39, 0.29) is 6.04 Å². The molecule has 1 unspecified atom stereocenters. The van der Waals surface area contributed by atoms with Gasteiger partial charge in [-0.25, -0.2) is 0 Å². The SMILES string of the molecule is CCn1nc(C)cc1C(N)Cc1cn(C)nn1. The van der Waals surface area contributed by atoms with Crippen LogP contribution in [-0.2, 0) is 20.0 Å². The molecular weight excluding hydrogens is 216 g/mol. The van der Waals surface area contributed by atoms with Crippen molar-refractivity contribution in [2.75, 3.05) is 0 Å². The lowest BCUT2D eigenvalue weighted by Crippen LogP contribution is -2.18. The number of aromatic nitrogens is 5. The first-order chi connectivity index (χ1) is 8.10. The first-order valence-electron chi connectivity index (χ1n) is 5.75. The van der Waals surface area contributed by atoms with Crippen LogP contribution in [0.15, 0.2) is 12.3 Å². The van der Waals surface area contributed by atoms with Crippen LogP contribution in [0, 0.1) is 6.92 Å². The van der Waals surface area contributed by atoms with Crippen LogP contribution in [0.25, 0.3) is 0 Å². The molecule has 0 saturated carbocycles. The summed E-state index contributed by atoms with van der Waals surface area (Å²) in [6.07, 6.45) is 2.57. The van der Waals surface area contributed by atoms with Gasteiger partial charge >= 0.3 is 0 Å². The van der Waals surface area contributed by atoms with E-state index in [1.165, 1.54) is 0 Å². The van der Waals surface area contributed by atoms with E-state index in [1.807, 2.05) is 30.9 Å². The second-order valence-corrected chi connectivity index (χ2v) is 4.22. The molecule has 0 bridgehead atoms. The second-order valence-electron chi connectivity index (χ2n) is 4.22. The van der Waals surface area contributed by atoms with E-state index in [9.17, 15) is 0 Å². The van der Waals surface area contributed by atoms with Crippen molar-refractivity contribution in [3.05, 3.63) is 29.3 Å². The molecule has 6 nitrogen and oxygen atoms in total. The predicted molar refractivity (Wildman–Crippen MR) is 64.3 cm³/mol. The second kappa shape index (κ2) is 4.67. The summed E-state index contributed by atoms with van der Waals surface area (Å²) < 4.78 is 3.63. The summed E-state index contributed by atoms with van der Waals surface area (Å²) >= 11 is 0. The van der Waals surface area contributed by atoms with Gasteiger partial charge in [-0.2, -0.15) is 5.10 Å². The summed E-state index contributed by atoms with van der Waals surface area (Å²) in [5.41, 5.74) is 9.14. The van der Waals surface area contributed by atoms with Gasteiger partial charge in [0.15, 0.2) is 0 Å². The van der Waals surface area contributed by atoms with Crippen molar-refractivity contribution < 1.29 is 0 Å². The van der Waals surface area contributed by atoms with E-state index in [0.29, 0.717) is 6.42 Å². The Labute approximate surface area is 100 Å². The van der Waals surface area contributed by atoms with Crippen LogP contribution >= 0.6 is 0 Å². The van der Waals surface area contributed by atoms with Crippen molar-refractivity contribution in [2.45, 2.75) is 32.9 Å². The standard InChI is InChI=1S/C11H18N6/c1-4-17-11(5-8(2)14-17)10(12)6-9-7-16(3)15-13-9/h5,7,10H,4,6,12H2,1-3H3. The van der Waals surface area contributed by atoms with Crippen molar-refractivity contribution >= 4 is 0 Å². The van der Waals surface area contributed by atoms with Gasteiger partial charge in [-0.3, -0.25) is 9.36 Å². The molecule has 0 spiro atoms. The van der Waals surface area contributed by atoms with Crippen molar-refractivity contribution in [3.63, 3.8) is 0 Å². The molecule has 0 aromatic carbocycles. The van der Waals surface area contributed by atoms with Gasteiger partial charge in [-0.15, -0.1) is 5.10 Å². The Morgan fingerprint density at radius 2 is 2.24 bits per heavy atom. The van der Waals surface area contributed by atoms with E-state index < -0.39 is 0 Å². The molecule has 1 atom stereocenters. The monoisotopic (exact) mass is 234 g/mol. The molecular formula is C11H18N6. The Morgan fingerprint density at radius 1 is 1.47 bits per heavy atom. The summed E-state index contributed by atoms with van der Waals surface area (Å²) in [6, 6.07) is 1.94. The van der Waals surface area contributed by atoms with Crippen LogP contribution in [0.5, 0.6) is 0 Å². The third-order valence-electron chi connectivity index (χ3n) is 2.69. The highest BCUT2D eigenvalue weighted by atomic mass is 15.4. The van der Waals surface area contributed by atoms with Gasteiger partial charge in [0.1, 0.15) is 0 Å². The molecule has 2 N–H and O–H groups in total. The molecule has 0 radical (unpaired) electrons. The number of nitrogens with two attached hydrogens (primary N) is 1. The van der Waals surface area contributed by atoms with Crippen LogP contribution in [0.4, 0.5) is 0 Å². The molecule has 0 aliphatic carbocycles. The number of aryl methyl sites for hydroxylation is 3. The van der Waals surface area contributed by atoms with Gasteiger partial charge in [-0.1, -0.05) is 5.21 Å². The molecule has 0 aliphatic heterocycles. The highest BCUT2D eigenvalue weighted by Gasteiger charge is 2.14. The highest BCUT2D eigenvalue weighted by Crippen LogP contribution is 2.16. The maximum Gasteiger partial charge on any atom is 0.0846 e. The van der Waals surface area contributed by atoms with E-state index >= 15 is 0 Å². The van der Waals surface area contributed by atoms with Gasteiger partial charge in [0.2, 0.25) is 0 Å². The molecule has 2 aromatic heterocycles. The van der Waals surface area contributed by atoms with E-state index in [1.54, 1.807) is 4.68 Å². The number of hydrogen-bond donors (Lipinski definition) is 1. The van der Waals surface area contributed by atoms with Gasteiger partial charge in [0, 0.05) is 26.2 Å². The Morgan fingerprint density at radius 3 is 2.82 bits per heavy atom. The van der Waals surface area contributed by atoms with Crippen LogP contribution < -0.4 is 5.73 Å².